The van der Waals surface area contributed by atoms with Gasteiger partial charge in [-0.2, -0.15) is 4.98 Å². The Balaban J connectivity index is 1.91. The molecule has 2 rings (SSSR count). The van der Waals surface area contributed by atoms with Crippen LogP contribution in [-0.2, 0) is 11.3 Å². The van der Waals surface area contributed by atoms with E-state index in [1.807, 2.05) is 6.92 Å². The summed E-state index contributed by atoms with van der Waals surface area (Å²) in [7, 11) is 0. The number of aromatic nitrogens is 2. The van der Waals surface area contributed by atoms with Gasteiger partial charge in [0.25, 0.3) is 0 Å². The molecule has 0 spiro atoms. The number of rotatable bonds is 4. The molecule has 1 aliphatic rings. The molecule has 1 aromatic rings. The summed E-state index contributed by atoms with van der Waals surface area (Å²) in [5, 5.41) is 13.3. The van der Waals surface area contributed by atoms with E-state index in [0.717, 1.165) is 25.7 Å². The van der Waals surface area contributed by atoms with Gasteiger partial charge in [-0.1, -0.05) is 5.16 Å². The normalized spacial score (nSPS) is 25.9. The third-order valence-corrected chi connectivity index (χ3v) is 2.97. The minimum Gasteiger partial charge on any atom is -0.393 e. The maximum atomic E-state index is 9.41. The molecule has 1 saturated carbocycles. The summed E-state index contributed by atoms with van der Waals surface area (Å²) >= 11 is 0. The lowest BCUT2D eigenvalue weighted by atomic mass is 9.87. The number of aliphatic hydroxyl groups excluding tert-OH is 1. The van der Waals surface area contributed by atoms with Crippen molar-refractivity contribution in [3.63, 3.8) is 0 Å². The molecule has 1 fully saturated rings. The standard InChI is InChI=1S/C11H18N2O3/c1-2-15-7-10-12-11(16-13-10)8-3-5-9(14)6-4-8/h8-9,14H,2-7H2,1H3. The van der Waals surface area contributed by atoms with Crippen molar-refractivity contribution in [3.05, 3.63) is 11.7 Å². The Kier molecular flexibility index (Phi) is 3.90. The molecule has 1 heterocycles. The molecule has 16 heavy (non-hydrogen) atoms. The van der Waals surface area contributed by atoms with Crippen LogP contribution in [0.2, 0.25) is 0 Å². The van der Waals surface area contributed by atoms with Gasteiger partial charge in [-0.15, -0.1) is 0 Å². The molecule has 1 aliphatic carbocycles. The summed E-state index contributed by atoms with van der Waals surface area (Å²) in [4.78, 5) is 4.31. The highest BCUT2D eigenvalue weighted by Gasteiger charge is 2.25. The molecule has 5 heteroatoms. The molecular weight excluding hydrogens is 208 g/mol. The van der Waals surface area contributed by atoms with Crippen LogP contribution in [0.1, 0.15) is 50.2 Å². The van der Waals surface area contributed by atoms with Crippen molar-refractivity contribution in [2.24, 2.45) is 0 Å². The predicted octanol–water partition coefficient (Wildman–Crippen LogP) is 1.62. The first kappa shape index (κ1) is 11.5. The molecule has 0 radical (unpaired) electrons. The number of nitrogens with zero attached hydrogens (tertiary/aromatic N) is 2. The van der Waals surface area contributed by atoms with Crippen LogP contribution in [0.4, 0.5) is 0 Å². The van der Waals surface area contributed by atoms with Crippen molar-refractivity contribution < 1.29 is 14.4 Å². The smallest absolute Gasteiger partial charge is 0.229 e. The summed E-state index contributed by atoms with van der Waals surface area (Å²) < 4.78 is 10.4. The minimum atomic E-state index is -0.151. The van der Waals surface area contributed by atoms with E-state index in [0.29, 0.717) is 30.8 Å². The second-order valence-corrected chi connectivity index (χ2v) is 4.19. The fourth-order valence-electron chi connectivity index (χ4n) is 2.01. The lowest BCUT2D eigenvalue weighted by Gasteiger charge is -2.22. The zero-order valence-corrected chi connectivity index (χ0v) is 9.56. The Bertz CT molecular complexity index is 319. The molecule has 1 aromatic heterocycles. The van der Waals surface area contributed by atoms with Gasteiger partial charge >= 0.3 is 0 Å². The fraction of sp³-hybridized carbons (Fsp3) is 0.818. The maximum absolute atomic E-state index is 9.41. The van der Waals surface area contributed by atoms with Crippen LogP contribution < -0.4 is 0 Å². The molecular formula is C11H18N2O3. The van der Waals surface area contributed by atoms with Crippen LogP contribution in [0.15, 0.2) is 4.52 Å². The first-order chi connectivity index (χ1) is 7.79. The number of aliphatic hydroxyl groups is 1. The van der Waals surface area contributed by atoms with Crippen LogP contribution in [0.3, 0.4) is 0 Å². The van der Waals surface area contributed by atoms with Crippen LogP contribution in [0, 0.1) is 0 Å². The molecule has 5 nitrogen and oxygen atoms in total. The second-order valence-electron chi connectivity index (χ2n) is 4.19. The quantitative estimate of drug-likeness (QED) is 0.845. The molecule has 0 atom stereocenters. The van der Waals surface area contributed by atoms with Crippen molar-refractivity contribution in [1.82, 2.24) is 10.1 Å². The maximum Gasteiger partial charge on any atom is 0.229 e. The van der Waals surface area contributed by atoms with E-state index >= 15 is 0 Å². The first-order valence-electron chi connectivity index (χ1n) is 5.88. The Hall–Kier alpha value is -0.940. The highest BCUT2D eigenvalue weighted by atomic mass is 16.5. The molecule has 0 aliphatic heterocycles. The molecule has 0 aromatic carbocycles. The summed E-state index contributed by atoms with van der Waals surface area (Å²) in [5.41, 5.74) is 0. The van der Waals surface area contributed by atoms with Gasteiger partial charge in [0.15, 0.2) is 5.82 Å². The summed E-state index contributed by atoms with van der Waals surface area (Å²) in [6.45, 7) is 3.00. The Morgan fingerprint density at radius 2 is 2.12 bits per heavy atom. The molecule has 0 saturated heterocycles. The number of ether oxygens (including phenoxy) is 1. The van der Waals surface area contributed by atoms with Crippen LogP contribution in [0.5, 0.6) is 0 Å². The topological polar surface area (TPSA) is 68.4 Å². The van der Waals surface area contributed by atoms with Crippen molar-refractivity contribution >= 4 is 0 Å². The van der Waals surface area contributed by atoms with Gasteiger partial charge in [-0.25, -0.2) is 0 Å². The van der Waals surface area contributed by atoms with Crippen molar-refractivity contribution in [2.45, 2.75) is 51.2 Å². The van der Waals surface area contributed by atoms with Crippen LogP contribution in [0.25, 0.3) is 0 Å². The average molecular weight is 226 g/mol. The van der Waals surface area contributed by atoms with E-state index in [2.05, 4.69) is 10.1 Å². The van der Waals surface area contributed by atoms with E-state index in [1.165, 1.54) is 0 Å². The van der Waals surface area contributed by atoms with E-state index in [4.69, 9.17) is 9.26 Å². The predicted molar refractivity (Wildman–Crippen MR) is 56.8 cm³/mol. The van der Waals surface area contributed by atoms with E-state index in [1.54, 1.807) is 0 Å². The highest BCUT2D eigenvalue weighted by molar-refractivity contribution is 4.95. The van der Waals surface area contributed by atoms with Gasteiger partial charge in [0, 0.05) is 12.5 Å². The van der Waals surface area contributed by atoms with E-state index < -0.39 is 0 Å². The first-order valence-corrected chi connectivity index (χ1v) is 5.88. The second kappa shape index (κ2) is 5.41. The van der Waals surface area contributed by atoms with E-state index in [-0.39, 0.29) is 6.10 Å². The Labute approximate surface area is 94.8 Å². The number of hydrogen-bond donors (Lipinski definition) is 1. The number of hydrogen-bond acceptors (Lipinski definition) is 5. The van der Waals surface area contributed by atoms with Gasteiger partial charge in [-0.3, -0.25) is 0 Å². The summed E-state index contributed by atoms with van der Waals surface area (Å²) in [6.07, 6.45) is 3.36. The SMILES string of the molecule is CCOCc1noc(C2CCC(O)CC2)n1. The molecule has 0 unspecified atom stereocenters. The van der Waals surface area contributed by atoms with Gasteiger partial charge in [0.2, 0.25) is 5.89 Å². The molecule has 0 bridgehead atoms. The van der Waals surface area contributed by atoms with E-state index in [9.17, 15) is 5.11 Å². The third-order valence-electron chi connectivity index (χ3n) is 2.97. The van der Waals surface area contributed by atoms with Gasteiger partial charge in [0.1, 0.15) is 6.61 Å². The molecule has 0 amide bonds. The molecule has 1 N–H and O–H groups in total. The van der Waals surface area contributed by atoms with Gasteiger partial charge in [0.05, 0.1) is 6.10 Å². The summed E-state index contributed by atoms with van der Waals surface area (Å²) in [5.74, 6) is 1.62. The van der Waals surface area contributed by atoms with Crippen LogP contribution >= 0.6 is 0 Å². The Morgan fingerprint density at radius 3 is 2.81 bits per heavy atom. The lowest BCUT2D eigenvalue weighted by Crippen LogP contribution is -2.17. The summed E-state index contributed by atoms with van der Waals surface area (Å²) in [6, 6.07) is 0. The van der Waals surface area contributed by atoms with Crippen molar-refractivity contribution in [1.29, 1.82) is 0 Å². The van der Waals surface area contributed by atoms with Gasteiger partial charge in [-0.05, 0) is 32.6 Å². The lowest BCUT2D eigenvalue weighted by molar-refractivity contribution is 0.116. The fourth-order valence-corrected chi connectivity index (χ4v) is 2.01. The highest BCUT2D eigenvalue weighted by Crippen LogP contribution is 2.31. The third kappa shape index (κ3) is 2.80. The molecule has 90 valence electrons. The largest absolute Gasteiger partial charge is 0.393 e. The van der Waals surface area contributed by atoms with Gasteiger partial charge < -0.3 is 14.4 Å². The zero-order valence-electron chi connectivity index (χ0n) is 9.56. The van der Waals surface area contributed by atoms with Crippen molar-refractivity contribution in [3.8, 4) is 0 Å². The Morgan fingerprint density at radius 1 is 1.38 bits per heavy atom. The minimum absolute atomic E-state index is 0.151. The zero-order chi connectivity index (χ0) is 11.4. The van der Waals surface area contributed by atoms with Crippen molar-refractivity contribution in [2.75, 3.05) is 6.61 Å². The monoisotopic (exact) mass is 226 g/mol. The van der Waals surface area contributed by atoms with Crippen LogP contribution in [-0.4, -0.2) is 28.0 Å². The average Bonchev–Trinajstić information content (AvgIpc) is 2.76.